The van der Waals surface area contributed by atoms with Crippen LogP contribution >= 0.6 is 0 Å². The zero-order valence-corrected chi connectivity index (χ0v) is 44.6. The summed E-state index contributed by atoms with van der Waals surface area (Å²) >= 11 is 0. The quantitative estimate of drug-likeness (QED) is 0.0421. The molecule has 16 nitrogen and oxygen atoms in total. The molecule has 1 fully saturated rings. The lowest BCUT2D eigenvalue weighted by Crippen LogP contribution is -2.58. The van der Waals surface area contributed by atoms with E-state index in [1.54, 1.807) is 20.2 Å². The van der Waals surface area contributed by atoms with Crippen molar-refractivity contribution in [3.05, 3.63) is 198 Å². The highest BCUT2D eigenvalue weighted by Crippen LogP contribution is 2.41. The molecular weight excluding hydrogens is 971 g/mol. The largest absolute Gasteiger partial charge is 0.345 e. The second kappa shape index (κ2) is 26.4. The van der Waals surface area contributed by atoms with Crippen molar-refractivity contribution >= 4 is 41.4 Å². The maximum Gasteiger partial charge on any atom is 0.243 e. The van der Waals surface area contributed by atoms with Gasteiger partial charge in [0.25, 0.3) is 0 Å². The van der Waals surface area contributed by atoms with Gasteiger partial charge < -0.3 is 41.4 Å². The van der Waals surface area contributed by atoms with Gasteiger partial charge >= 0.3 is 0 Å². The third kappa shape index (κ3) is 13.7. The average molecular weight is 1040 g/mol. The van der Waals surface area contributed by atoms with Crippen molar-refractivity contribution in [3.8, 4) is 0 Å². The van der Waals surface area contributed by atoms with Crippen LogP contribution in [0.1, 0.15) is 100 Å². The van der Waals surface area contributed by atoms with Crippen LogP contribution in [0.2, 0.25) is 0 Å². The fourth-order valence-corrected chi connectivity index (χ4v) is 10.0. The van der Waals surface area contributed by atoms with Crippen molar-refractivity contribution in [2.75, 3.05) is 13.1 Å². The number of amides is 7. The summed E-state index contributed by atoms with van der Waals surface area (Å²) in [5.74, 6) is -4.34. The van der Waals surface area contributed by atoms with Crippen LogP contribution in [0.25, 0.3) is 0 Å². The molecule has 0 saturated carbocycles. The number of hydrogen-bond acceptors (Lipinski definition) is 8. The first-order valence-corrected chi connectivity index (χ1v) is 26.5. The predicted octanol–water partition coefficient (Wildman–Crippen LogP) is 5.96. The predicted molar refractivity (Wildman–Crippen MR) is 295 cm³/mol. The van der Waals surface area contributed by atoms with E-state index in [-0.39, 0.29) is 30.7 Å². The minimum atomic E-state index is -1.27. The highest BCUT2D eigenvalue weighted by Gasteiger charge is 2.40. The number of nitrogens with zero attached hydrogens (tertiary/aromatic N) is 3. The Morgan fingerprint density at radius 1 is 0.610 bits per heavy atom. The Morgan fingerprint density at radius 3 is 1.61 bits per heavy atom. The van der Waals surface area contributed by atoms with Gasteiger partial charge in [-0.05, 0) is 59.4 Å². The number of hydrogen-bond donors (Lipinski definition) is 6. The van der Waals surface area contributed by atoms with E-state index in [9.17, 15) is 33.6 Å². The summed E-state index contributed by atoms with van der Waals surface area (Å²) in [5.41, 5.74) is 4.16. The molecule has 0 unspecified atom stereocenters. The van der Waals surface area contributed by atoms with E-state index in [2.05, 4.69) is 31.9 Å². The van der Waals surface area contributed by atoms with Crippen LogP contribution in [0.5, 0.6) is 0 Å². The maximum absolute atomic E-state index is 14.4. The molecule has 0 spiro atoms. The number of carbonyl (C=O) groups excluding carboxylic acids is 7. The van der Waals surface area contributed by atoms with Gasteiger partial charge in [0.2, 0.25) is 41.4 Å². The van der Waals surface area contributed by atoms with Crippen molar-refractivity contribution in [3.63, 3.8) is 0 Å². The fourth-order valence-electron chi connectivity index (χ4n) is 10.0. The van der Waals surface area contributed by atoms with Gasteiger partial charge in [-0.15, -0.1) is 0 Å². The molecule has 16 heteroatoms. The molecule has 2 heterocycles. The number of rotatable bonds is 23. The molecule has 402 valence electrons. The summed E-state index contributed by atoms with van der Waals surface area (Å²) in [5, 5.41) is 17.0. The molecule has 77 heavy (non-hydrogen) atoms. The molecule has 6 atom stereocenters. The molecule has 1 aliphatic rings. The lowest BCUT2D eigenvalue weighted by Gasteiger charge is -2.37. The van der Waals surface area contributed by atoms with Gasteiger partial charge in [0.1, 0.15) is 35.7 Å². The topological polar surface area (TPSA) is 213 Å². The minimum absolute atomic E-state index is 0.102. The second-order valence-corrected chi connectivity index (χ2v) is 20.1. The van der Waals surface area contributed by atoms with Gasteiger partial charge in [-0.25, -0.2) is 4.98 Å². The number of likely N-dealkylation sites (tertiary alicyclic amines) is 1. The zero-order chi connectivity index (χ0) is 55.1. The second-order valence-electron chi connectivity index (χ2n) is 20.1. The first kappa shape index (κ1) is 56.3. The highest BCUT2D eigenvalue weighted by atomic mass is 16.2. The Labute approximate surface area is 451 Å². The summed E-state index contributed by atoms with van der Waals surface area (Å²) in [4.78, 5) is 102. The lowest BCUT2D eigenvalue weighted by atomic mass is 9.77. The smallest absolute Gasteiger partial charge is 0.243 e. The Morgan fingerprint density at radius 2 is 1.12 bits per heavy atom. The van der Waals surface area contributed by atoms with E-state index in [1.165, 1.54) is 18.7 Å². The van der Waals surface area contributed by atoms with Gasteiger partial charge in [-0.3, -0.25) is 33.6 Å². The molecule has 1 aliphatic heterocycles. The van der Waals surface area contributed by atoms with Crippen LogP contribution in [-0.2, 0) is 45.5 Å². The summed E-state index contributed by atoms with van der Waals surface area (Å²) < 4.78 is 1.99. The molecule has 6 N–H and O–H groups in total. The van der Waals surface area contributed by atoms with E-state index < -0.39 is 83.8 Å². The fraction of sp³-hybridized carbons (Fsp3) is 0.344. The van der Waals surface area contributed by atoms with Gasteiger partial charge in [-0.2, -0.15) is 0 Å². The molecular formula is C61H71N9O7. The third-order valence-corrected chi connectivity index (χ3v) is 14.3. The van der Waals surface area contributed by atoms with Crippen LogP contribution < -0.4 is 31.9 Å². The SMILES string of the molecule is CC[C@H](C)[C@H](NC(=O)[C@@H]1CCCN1C(=O)CNC(=O)[C@H](C)NC(=O)[C@H](Cc1cn(C(c2ccccc2)(c2ccccc2)c2ccccc2)cn1)NC(=O)[C@@H](NC(C)=O)C(C)C)C(=O)NC(c1ccccc1)c1ccccc1. The standard InChI is InChI=1S/C61H71N9O7/c1-7-41(4)54(60(77)68-55(44-24-13-8-14-25-44)45-26-15-9-16-27-45)67-58(75)51-34-23-35-70(51)52(72)37-62-56(73)42(5)64-57(74)50(66-59(76)53(40(2)3)65-43(6)71)36-49-38-69(39-63-49)61(46-28-17-10-18-29-46,47-30-19-11-20-31-47)48-32-21-12-22-33-48/h8-22,24-33,38-42,50-51,53-55H,7,23,34-37H2,1-6H3,(H,62,73)(H,64,74)(H,65,71)(H,66,76)(H,67,75)(H,68,77)/t41-,42-,50-,51-,53-,54-/m0/s1. The van der Waals surface area contributed by atoms with Crippen molar-refractivity contribution in [1.29, 1.82) is 0 Å². The number of benzene rings is 5. The van der Waals surface area contributed by atoms with Gasteiger partial charge in [0.15, 0.2) is 0 Å². The summed E-state index contributed by atoms with van der Waals surface area (Å²) in [6.07, 6.45) is 4.93. The van der Waals surface area contributed by atoms with Crippen LogP contribution in [0.3, 0.4) is 0 Å². The van der Waals surface area contributed by atoms with Crippen LogP contribution in [-0.4, -0.2) is 99.1 Å². The Balaban J connectivity index is 1.04. The number of imidazole rings is 1. The molecule has 0 radical (unpaired) electrons. The molecule has 0 aliphatic carbocycles. The summed E-state index contributed by atoms with van der Waals surface area (Å²) in [6, 6.07) is 43.5. The van der Waals surface area contributed by atoms with E-state index in [0.717, 1.165) is 27.8 Å². The van der Waals surface area contributed by atoms with Crippen molar-refractivity contribution in [2.45, 2.75) is 109 Å². The van der Waals surface area contributed by atoms with Crippen LogP contribution in [0, 0.1) is 11.8 Å². The Bertz CT molecular complexity index is 2800. The summed E-state index contributed by atoms with van der Waals surface area (Å²) in [7, 11) is 0. The first-order chi connectivity index (χ1) is 37.1. The van der Waals surface area contributed by atoms with Crippen molar-refractivity contribution < 1.29 is 33.6 Å². The van der Waals surface area contributed by atoms with Crippen LogP contribution in [0.15, 0.2) is 164 Å². The van der Waals surface area contributed by atoms with Gasteiger partial charge in [0, 0.05) is 26.1 Å². The molecule has 1 aromatic heterocycles. The normalized spacial score (nSPS) is 15.3. The van der Waals surface area contributed by atoms with E-state index in [1.807, 2.05) is 176 Å². The Hall–Kier alpha value is -8.40. The molecule has 6 aromatic rings. The maximum atomic E-state index is 14.4. The number of carbonyl (C=O) groups is 7. The molecule has 1 saturated heterocycles. The van der Waals surface area contributed by atoms with E-state index >= 15 is 0 Å². The molecule has 0 bridgehead atoms. The third-order valence-electron chi connectivity index (χ3n) is 14.3. The molecule has 7 amide bonds. The van der Waals surface area contributed by atoms with Crippen molar-refractivity contribution in [1.82, 2.24) is 46.4 Å². The van der Waals surface area contributed by atoms with Crippen LogP contribution in [0.4, 0.5) is 0 Å². The number of nitrogens with one attached hydrogen (secondary N) is 6. The van der Waals surface area contributed by atoms with Gasteiger partial charge in [0.05, 0.1) is 24.6 Å². The molecule has 5 aromatic carbocycles. The summed E-state index contributed by atoms with van der Waals surface area (Å²) in [6.45, 7) is 9.94. The zero-order valence-electron chi connectivity index (χ0n) is 44.6. The Kier molecular flexibility index (Phi) is 19.3. The number of aromatic nitrogens is 2. The molecule has 7 rings (SSSR count). The van der Waals surface area contributed by atoms with E-state index in [0.29, 0.717) is 25.0 Å². The monoisotopic (exact) mass is 1040 g/mol. The minimum Gasteiger partial charge on any atom is -0.345 e. The van der Waals surface area contributed by atoms with Gasteiger partial charge in [-0.1, -0.05) is 186 Å². The average Bonchev–Trinajstić information content (AvgIpc) is 4.19. The van der Waals surface area contributed by atoms with E-state index in [4.69, 9.17) is 4.98 Å². The lowest BCUT2D eigenvalue weighted by molar-refractivity contribution is -0.140. The van der Waals surface area contributed by atoms with Crippen molar-refractivity contribution in [2.24, 2.45) is 11.8 Å². The highest BCUT2D eigenvalue weighted by molar-refractivity contribution is 5.96. The first-order valence-electron chi connectivity index (χ1n) is 26.5.